The summed E-state index contributed by atoms with van der Waals surface area (Å²) in [5.41, 5.74) is 6.35. The number of rotatable bonds is 2. The molecule has 0 amide bonds. The lowest BCUT2D eigenvalue weighted by molar-refractivity contribution is 0.667. The van der Waals surface area contributed by atoms with Gasteiger partial charge in [0.25, 0.3) is 0 Å². The van der Waals surface area contributed by atoms with Gasteiger partial charge >= 0.3 is 0 Å². The standard InChI is InChI=1S/C27H14ClN3O/c28-27-30-24(19-11-9-18(10-12-19)17-7-5-16(15-29)6-8-17)26-25(31-27)22-13-20-3-1-2-4-21(20)14-23(22)32-26/h1-14H. The van der Waals surface area contributed by atoms with Crippen molar-refractivity contribution in [3.63, 3.8) is 0 Å². The zero-order valence-electron chi connectivity index (χ0n) is 16.7. The lowest BCUT2D eigenvalue weighted by Gasteiger charge is -2.05. The fourth-order valence-electron chi connectivity index (χ4n) is 4.05. The molecule has 0 radical (unpaired) electrons. The van der Waals surface area contributed by atoms with Crippen LogP contribution in [0.25, 0.3) is 55.2 Å². The van der Waals surface area contributed by atoms with Gasteiger partial charge in [-0.25, -0.2) is 9.97 Å². The van der Waals surface area contributed by atoms with Crippen molar-refractivity contribution in [2.45, 2.75) is 0 Å². The first-order valence-corrected chi connectivity index (χ1v) is 10.5. The Bertz CT molecular complexity index is 1680. The van der Waals surface area contributed by atoms with Crippen LogP contribution in [0.15, 0.2) is 89.3 Å². The molecule has 32 heavy (non-hydrogen) atoms. The molecule has 2 aromatic heterocycles. The van der Waals surface area contributed by atoms with Crippen LogP contribution in [0.5, 0.6) is 0 Å². The highest BCUT2D eigenvalue weighted by Crippen LogP contribution is 2.36. The van der Waals surface area contributed by atoms with E-state index >= 15 is 0 Å². The maximum absolute atomic E-state index is 9.00. The Balaban J connectivity index is 1.50. The molecule has 0 saturated carbocycles. The molecule has 5 heteroatoms. The topological polar surface area (TPSA) is 62.7 Å². The van der Waals surface area contributed by atoms with Crippen molar-refractivity contribution in [3.8, 4) is 28.5 Å². The molecular formula is C27H14ClN3O. The number of nitrogens with zero attached hydrogens (tertiary/aromatic N) is 3. The number of nitriles is 1. The molecule has 0 aliphatic heterocycles. The van der Waals surface area contributed by atoms with Gasteiger partial charge in [0, 0.05) is 10.9 Å². The Morgan fingerprint density at radius 2 is 1.38 bits per heavy atom. The number of hydrogen-bond acceptors (Lipinski definition) is 4. The molecule has 0 bridgehead atoms. The third-order valence-electron chi connectivity index (χ3n) is 5.66. The van der Waals surface area contributed by atoms with Gasteiger partial charge in [-0.1, -0.05) is 60.7 Å². The molecule has 4 nitrogen and oxygen atoms in total. The zero-order chi connectivity index (χ0) is 21.7. The van der Waals surface area contributed by atoms with Gasteiger partial charge in [0.2, 0.25) is 5.28 Å². The molecular weight excluding hydrogens is 418 g/mol. The molecule has 4 aromatic carbocycles. The van der Waals surface area contributed by atoms with Crippen molar-refractivity contribution in [2.75, 3.05) is 0 Å². The Morgan fingerprint density at radius 3 is 2.06 bits per heavy atom. The van der Waals surface area contributed by atoms with Crippen molar-refractivity contribution in [2.24, 2.45) is 0 Å². The van der Waals surface area contributed by atoms with Crippen LogP contribution in [0.4, 0.5) is 0 Å². The van der Waals surface area contributed by atoms with Crippen LogP contribution in [0.1, 0.15) is 5.56 Å². The summed E-state index contributed by atoms with van der Waals surface area (Å²) in [6, 6.07) is 29.9. The van der Waals surface area contributed by atoms with E-state index in [2.05, 4.69) is 34.2 Å². The van der Waals surface area contributed by atoms with Crippen LogP contribution in [0.3, 0.4) is 0 Å². The lowest BCUT2D eigenvalue weighted by atomic mass is 10.0. The van der Waals surface area contributed by atoms with E-state index in [0.29, 0.717) is 22.4 Å². The van der Waals surface area contributed by atoms with Crippen molar-refractivity contribution in [1.82, 2.24) is 9.97 Å². The van der Waals surface area contributed by atoms with E-state index < -0.39 is 0 Å². The van der Waals surface area contributed by atoms with Gasteiger partial charge < -0.3 is 4.42 Å². The summed E-state index contributed by atoms with van der Waals surface area (Å²) in [6.07, 6.45) is 0. The molecule has 6 rings (SSSR count). The van der Waals surface area contributed by atoms with Gasteiger partial charge in [-0.05, 0) is 57.8 Å². The largest absolute Gasteiger partial charge is 0.452 e. The maximum atomic E-state index is 9.00. The highest BCUT2D eigenvalue weighted by atomic mass is 35.5. The van der Waals surface area contributed by atoms with Gasteiger partial charge in [0.05, 0.1) is 11.6 Å². The maximum Gasteiger partial charge on any atom is 0.223 e. The summed E-state index contributed by atoms with van der Waals surface area (Å²) in [5, 5.41) is 12.3. The summed E-state index contributed by atoms with van der Waals surface area (Å²) in [6.45, 7) is 0. The number of fused-ring (bicyclic) bond motifs is 4. The third-order valence-corrected chi connectivity index (χ3v) is 5.83. The van der Waals surface area contributed by atoms with Crippen molar-refractivity contribution in [1.29, 1.82) is 5.26 Å². The Labute approximate surface area is 188 Å². The van der Waals surface area contributed by atoms with Gasteiger partial charge in [-0.2, -0.15) is 5.26 Å². The van der Waals surface area contributed by atoms with Crippen molar-refractivity contribution in [3.05, 3.63) is 95.8 Å². The predicted molar refractivity (Wildman–Crippen MR) is 127 cm³/mol. The number of benzene rings is 4. The van der Waals surface area contributed by atoms with Crippen LogP contribution < -0.4 is 0 Å². The summed E-state index contributed by atoms with van der Waals surface area (Å²) >= 11 is 6.31. The van der Waals surface area contributed by atoms with Gasteiger partial charge in [-0.15, -0.1) is 0 Å². The van der Waals surface area contributed by atoms with E-state index in [1.807, 2.05) is 66.7 Å². The normalized spacial score (nSPS) is 11.2. The minimum absolute atomic E-state index is 0.180. The van der Waals surface area contributed by atoms with E-state index in [9.17, 15) is 0 Å². The zero-order valence-corrected chi connectivity index (χ0v) is 17.5. The first-order chi connectivity index (χ1) is 15.7. The highest BCUT2D eigenvalue weighted by molar-refractivity contribution is 6.29. The van der Waals surface area contributed by atoms with Crippen LogP contribution in [-0.4, -0.2) is 9.97 Å². The van der Waals surface area contributed by atoms with Crippen LogP contribution in [-0.2, 0) is 0 Å². The summed E-state index contributed by atoms with van der Waals surface area (Å²) < 4.78 is 6.23. The van der Waals surface area contributed by atoms with Crippen LogP contribution in [0, 0.1) is 11.3 Å². The van der Waals surface area contributed by atoms with E-state index in [-0.39, 0.29) is 5.28 Å². The van der Waals surface area contributed by atoms with Crippen LogP contribution >= 0.6 is 11.6 Å². The monoisotopic (exact) mass is 431 g/mol. The molecule has 6 aromatic rings. The summed E-state index contributed by atoms with van der Waals surface area (Å²) in [7, 11) is 0. The van der Waals surface area contributed by atoms with E-state index in [0.717, 1.165) is 38.4 Å². The van der Waals surface area contributed by atoms with Crippen molar-refractivity contribution < 1.29 is 4.42 Å². The smallest absolute Gasteiger partial charge is 0.223 e. The van der Waals surface area contributed by atoms with Gasteiger partial charge in [0.15, 0.2) is 5.58 Å². The van der Waals surface area contributed by atoms with Crippen molar-refractivity contribution >= 4 is 44.4 Å². The fourth-order valence-corrected chi connectivity index (χ4v) is 4.22. The second-order valence-electron chi connectivity index (χ2n) is 7.58. The molecule has 2 heterocycles. The second-order valence-corrected chi connectivity index (χ2v) is 7.92. The second kappa shape index (κ2) is 7.19. The fraction of sp³-hybridized carbons (Fsp3) is 0. The predicted octanol–water partition coefficient (Wildman–Crippen LogP) is 7.39. The molecule has 0 aliphatic carbocycles. The summed E-state index contributed by atoms with van der Waals surface area (Å²) in [5.74, 6) is 0. The molecule has 0 N–H and O–H groups in total. The van der Waals surface area contributed by atoms with Gasteiger partial charge in [0.1, 0.15) is 16.8 Å². The lowest BCUT2D eigenvalue weighted by Crippen LogP contribution is -1.89. The molecule has 0 saturated heterocycles. The third kappa shape index (κ3) is 2.99. The van der Waals surface area contributed by atoms with E-state index in [1.165, 1.54) is 0 Å². The SMILES string of the molecule is N#Cc1ccc(-c2ccc(-c3nc(Cl)nc4c3oc3cc5ccccc5cc34)cc2)cc1. The molecule has 0 fully saturated rings. The van der Waals surface area contributed by atoms with E-state index in [1.54, 1.807) is 0 Å². The Kier molecular flexibility index (Phi) is 4.17. The molecule has 0 atom stereocenters. The number of hydrogen-bond donors (Lipinski definition) is 0. The van der Waals surface area contributed by atoms with Crippen LogP contribution in [0.2, 0.25) is 5.28 Å². The molecule has 150 valence electrons. The quantitative estimate of drug-likeness (QED) is 0.268. The minimum Gasteiger partial charge on any atom is -0.452 e. The number of halogens is 1. The van der Waals surface area contributed by atoms with E-state index in [4.69, 9.17) is 21.3 Å². The number of furan rings is 1. The first-order valence-electron chi connectivity index (χ1n) is 10.1. The van der Waals surface area contributed by atoms with Gasteiger partial charge in [-0.3, -0.25) is 0 Å². The molecule has 0 spiro atoms. The highest BCUT2D eigenvalue weighted by Gasteiger charge is 2.17. The molecule has 0 unspecified atom stereocenters. The first kappa shape index (κ1) is 18.6. The number of aromatic nitrogens is 2. The average molecular weight is 432 g/mol. The Hall–Kier alpha value is -4.20. The minimum atomic E-state index is 0.180. The molecule has 0 aliphatic rings. The Morgan fingerprint density at radius 1 is 0.750 bits per heavy atom. The summed E-state index contributed by atoms with van der Waals surface area (Å²) in [4.78, 5) is 8.96. The average Bonchev–Trinajstić information content (AvgIpc) is 3.19.